The van der Waals surface area contributed by atoms with Gasteiger partial charge in [0, 0.05) is 29.8 Å². The van der Waals surface area contributed by atoms with Crippen molar-refractivity contribution in [1.29, 1.82) is 0 Å². The molecular weight excluding hydrogens is 274 g/mol. The van der Waals surface area contributed by atoms with Gasteiger partial charge >= 0.3 is 0 Å². The Morgan fingerprint density at radius 2 is 1.55 bits per heavy atom. The minimum atomic E-state index is 0.0426. The number of nitrogens with one attached hydrogen (secondary N) is 1. The SMILES string of the molecule is O=CCCCCCNc1ccc(C(=O)c2ccccc2)cc1. The molecule has 114 valence electrons. The van der Waals surface area contributed by atoms with E-state index in [1.54, 1.807) is 0 Å². The number of benzene rings is 2. The van der Waals surface area contributed by atoms with Gasteiger partial charge in [-0.3, -0.25) is 4.79 Å². The largest absolute Gasteiger partial charge is 0.385 e. The van der Waals surface area contributed by atoms with Gasteiger partial charge in [0.15, 0.2) is 5.78 Å². The zero-order valence-electron chi connectivity index (χ0n) is 12.6. The molecule has 0 spiro atoms. The summed E-state index contributed by atoms with van der Waals surface area (Å²) in [6.07, 6.45) is 4.66. The molecule has 22 heavy (non-hydrogen) atoms. The maximum atomic E-state index is 12.3. The van der Waals surface area contributed by atoms with Crippen LogP contribution in [0.15, 0.2) is 54.6 Å². The van der Waals surface area contributed by atoms with E-state index in [1.165, 1.54) is 0 Å². The van der Waals surface area contributed by atoms with Crippen LogP contribution in [-0.4, -0.2) is 18.6 Å². The van der Waals surface area contributed by atoms with Crippen molar-refractivity contribution in [3.63, 3.8) is 0 Å². The lowest BCUT2D eigenvalue weighted by atomic mass is 10.0. The molecular formula is C19H21NO2. The first-order valence-electron chi connectivity index (χ1n) is 7.68. The van der Waals surface area contributed by atoms with Gasteiger partial charge in [0.1, 0.15) is 6.29 Å². The van der Waals surface area contributed by atoms with Crippen LogP contribution in [0.5, 0.6) is 0 Å². The Bertz CT molecular complexity index is 591. The third-order valence-electron chi connectivity index (χ3n) is 3.51. The van der Waals surface area contributed by atoms with Crippen LogP contribution in [0, 0.1) is 0 Å². The zero-order chi connectivity index (χ0) is 15.6. The fourth-order valence-electron chi connectivity index (χ4n) is 2.26. The first-order valence-corrected chi connectivity index (χ1v) is 7.68. The van der Waals surface area contributed by atoms with Gasteiger partial charge in [-0.05, 0) is 37.1 Å². The highest BCUT2D eigenvalue weighted by Gasteiger charge is 2.07. The standard InChI is InChI=1S/C19H21NO2/c21-15-7-2-1-6-14-20-18-12-10-17(11-13-18)19(22)16-8-4-3-5-9-16/h3-5,8-13,15,20H,1-2,6-7,14H2. The zero-order valence-corrected chi connectivity index (χ0v) is 12.6. The average molecular weight is 295 g/mol. The number of hydrogen-bond acceptors (Lipinski definition) is 3. The van der Waals surface area contributed by atoms with Crippen molar-refractivity contribution in [2.45, 2.75) is 25.7 Å². The van der Waals surface area contributed by atoms with E-state index in [0.717, 1.165) is 37.8 Å². The van der Waals surface area contributed by atoms with E-state index in [0.29, 0.717) is 17.5 Å². The Hall–Kier alpha value is -2.42. The van der Waals surface area contributed by atoms with Crippen molar-refractivity contribution in [1.82, 2.24) is 0 Å². The molecule has 2 rings (SSSR count). The second-order valence-corrected chi connectivity index (χ2v) is 5.22. The molecule has 2 aromatic rings. The number of rotatable bonds is 9. The molecule has 3 nitrogen and oxygen atoms in total. The van der Waals surface area contributed by atoms with Crippen molar-refractivity contribution in [3.8, 4) is 0 Å². The highest BCUT2D eigenvalue weighted by atomic mass is 16.1. The second-order valence-electron chi connectivity index (χ2n) is 5.22. The quantitative estimate of drug-likeness (QED) is 0.430. The van der Waals surface area contributed by atoms with Gasteiger partial charge in [-0.25, -0.2) is 0 Å². The normalized spacial score (nSPS) is 10.2. The van der Waals surface area contributed by atoms with Crippen LogP contribution in [-0.2, 0) is 4.79 Å². The lowest BCUT2D eigenvalue weighted by Crippen LogP contribution is -2.03. The van der Waals surface area contributed by atoms with Crippen molar-refractivity contribution < 1.29 is 9.59 Å². The van der Waals surface area contributed by atoms with Gasteiger partial charge in [-0.2, -0.15) is 0 Å². The minimum absolute atomic E-state index is 0.0426. The molecule has 0 amide bonds. The van der Waals surface area contributed by atoms with Crippen LogP contribution in [0.1, 0.15) is 41.6 Å². The van der Waals surface area contributed by atoms with Gasteiger partial charge < -0.3 is 10.1 Å². The molecule has 0 saturated carbocycles. The fraction of sp³-hybridized carbons (Fsp3) is 0.263. The van der Waals surface area contributed by atoms with Crippen LogP contribution in [0.4, 0.5) is 5.69 Å². The van der Waals surface area contributed by atoms with Crippen LogP contribution in [0.2, 0.25) is 0 Å². The molecule has 0 fully saturated rings. The lowest BCUT2D eigenvalue weighted by Gasteiger charge is -2.07. The Balaban J connectivity index is 1.83. The van der Waals surface area contributed by atoms with Gasteiger partial charge in [0.25, 0.3) is 0 Å². The predicted molar refractivity (Wildman–Crippen MR) is 89.3 cm³/mol. The van der Waals surface area contributed by atoms with E-state index in [1.807, 2.05) is 54.6 Å². The molecule has 0 aliphatic rings. The summed E-state index contributed by atoms with van der Waals surface area (Å²) >= 11 is 0. The van der Waals surface area contributed by atoms with Gasteiger partial charge in [0.2, 0.25) is 0 Å². The Morgan fingerprint density at radius 3 is 2.23 bits per heavy atom. The van der Waals surface area contributed by atoms with Gasteiger partial charge in [-0.15, -0.1) is 0 Å². The van der Waals surface area contributed by atoms with Crippen molar-refractivity contribution >= 4 is 17.8 Å². The molecule has 1 N–H and O–H groups in total. The molecule has 0 saturated heterocycles. The maximum absolute atomic E-state index is 12.3. The summed E-state index contributed by atoms with van der Waals surface area (Å²) in [5.41, 5.74) is 2.42. The van der Waals surface area contributed by atoms with Crippen molar-refractivity contribution in [2.75, 3.05) is 11.9 Å². The topological polar surface area (TPSA) is 46.2 Å². The lowest BCUT2D eigenvalue weighted by molar-refractivity contribution is -0.107. The van der Waals surface area contributed by atoms with Gasteiger partial charge in [-0.1, -0.05) is 36.8 Å². The minimum Gasteiger partial charge on any atom is -0.385 e. The molecule has 0 bridgehead atoms. The summed E-state index contributed by atoms with van der Waals surface area (Å²) in [6.45, 7) is 0.880. The van der Waals surface area contributed by atoms with Crippen LogP contribution >= 0.6 is 0 Å². The number of hydrogen-bond donors (Lipinski definition) is 1. The van der Waals surface area contributed by atoms with E-state index in [9.17, 15) is 9.59 Å². The molecule has 3 heteroatoms. The van der Waals surface area contributed by atoms with E-state index in [4.69, 9.17) is 0 Å². The average Bonchev–Trinajstić information content (AvgIpc) is 2.59. The Labute approximate surface area is 131 Å². The monoisotopic (exact) mass is 295 g/mol. The maximum Gasteiger partial charge on any atom is 0.193 e. The van der Waals surface area contributed by atoms with E-state index in [-0.39, 0.29) is 5.78 Å². The summed E-state index contributed by atoms with van der Waals surface area (Å²) in [4.78, 5) is 22.5. The third kappa shape index (κ3) is 4.85. The summed E-state index contributed by atoms with van der Waals surface area (Å²) in [5.74, 6) is 0.0426. The van der Waals surface area contributed by atoms with Crippen LogP contribution < -0.4 is 5.32 Å². The first-order chi connectivity index (χ1) is 10.8. The smallest absolute Gasteiger partial charge is 0.193 e. The predicted octanol–water partition coefficient (Wildman–Crippen LogP) is 4.09. The molecule has 0 atom stereocenters. The van der Waals surface area contributed by atoms with E-state index >= 15 is 0 Å². The number of aldehydes is 1. The van der Waals surface area contributed by atoms with E-state index in [2.05, 4.69) is 5.32 Å². The summed E-state index contributed by atoms with van der Waals surface area (Å²) in [5, 5.41) is 3.33. The molecule has 0 heterocycles. The highest BCUT2D eigenvalue weighted by molar-refractivity contribution is 6.09. The van der Waals surface area contributed by atoms with E-state index < -0.39 is 0 Å². The number of carbonyl (C=O) groups is 2. The summed E-state index contributed by atoms with van der Waals surface area (Å²) in [6, 6.07) is 16.9. The Kier molecular flexibility index (Phi) is 6.37. The first kappa shape index (κ1) is 16.0. The molecule has 0 unspecified atom stereocenters. The molecule has 0 aliphatic carbocycles. The van der Waals surface area contributed by atoms with Gasteiger partial charge in [0.05, 0.1) is 0 Å². The van der Waals surface area contributed by atoms with Crippen LogP contribution in [0.3, 0.4) is 0 Å². The molecule has 0 radical (unpaired) electrons. The molecule has 0 aromatic heterocycles. The molecule has 2 aromatic carbocycles. The van der Waals surface area contributed by atoms with Crippen LogP contribution in [0.25, 0.3) is 0 Å². The molecule has 0 aliphatic heterocycles. The summed E-state index contributed by atoms with van der Waals surface area (Å²) < 4.78 is 0. The third-order valence-corrected chi connectivity index (χ3v) is 3.51. The number of anilines is 1. The Morgan fingerprint density at radius 1 is 0.864 bits per heavy atom. The van der Waals surface area contributed by atoms with Crippen molar-refractivity contribution in [2.24, 2.45) is 0 Å². The number of carbonyl (C=O) groups excluding carboxylic acids is 2. The number of unbranched alkanes of at least 4 members (excludes halogenated alkanes) is 3. The van der Waals surface area contributed by atoms with Crippen molar-refractivity contribution in [3.05, 3.63) is 65.7 Å². The fourth-order valence-corrected chi connectivity index (χ4v) is 2.26. The highest BCUT2D eigenvalue weighted by Crippen LogP contribution is 2.14. The summed E-state index contributed by atoms with van der Waals surface area (Å²) in [7, 11) is 0. The second kappa shape index (κ2) is 8.78. The number of ketones is 1.